The molecule has 0 fully saturated rings. The van der Waals surface area contributed by atoms with Crippen LogP contribution in [0.1, 0.15) is 35.8 Å². The normalized spacial score (nSPS) is 13.8. The average molecular weight is 293 g/mol. The van der Waals surface area contributed by atoms with Gasteiger partial charge in [0.15, 0.2) is 0 Å². The summed E-state index contributed by atoms with van der Waals surface area (Å²) in [6.45, 7) is 2.06. The molecule has 1 nitrogen and oxygen atoms in total. The smallest absolute Gasteiger partial charge is 0.131 e. The van der Waals surface area contributed by atoms with Crippen molar-refractivity contribution in [1.29, 1.82) is 0 Å². The van der Waals surface area contributed by atoms with E-state index in [1.165, 1.54) is 13.2 Å². The molecule has 2 unspecified atom stereocenters. The van der Waals surface area contributed by atoms with E-state index in [2.05, 4.69) is 6.92 Å². The molecule has 0 spiro atoms. The molecule has 2 atom stereocenters. The Bertz CT molecular complexity index is 556. The minimum Gasteiger partial charge on any atom is -0.497 e. The molecule has 0 amide bonds. The van der Waals surface area contributed by atoms with E-state index >= 15 is 0 Å². The molecule has 20 heavy (non-hydrogen) atoms. The molecule has 2 rings (SSSR count). The third-order valence-corrected chi connectivity index (χ3v) is 4.06. The van der Waals surface area contributed by atoms with Crippen LogP contribution in [0, 0.1) is 5.82 Å². The zero-order valence-electron chi connectivity index (χ0n) is 11.6. The lowest BCUT2D eigenvalue weighted by Gasteiger charge is -2.22. The van der Waals surface area contributed by atoms with Crippen LogP contribution in [0.4, 0.5) is 4.39 Å². The van der Waals surface area contributed by atoms with Gasteiger partial charge in [0.2, 0.25) is 0 Å². The van der Waals surface area contributed by atoms with Crippen LogP contribution >= 0.6 is 11.6 Å². The first kappa shape index (κ1) is 14.9. The summed E-state index contributed by atoms with van der Waals surface area (Å²) in [4.78, 5) is 0. The Morgan fingerprint density at radius 2 is 1.85 bits per heavy atom. The summed E-state index contributed by atoms with van der Waals surface area (Å²) in [7, 11) is 1.52. The number of hydrogen-bond acceptors (Lipinski definition) is 1. The van der Waals surface area contributed by atoms with Gasteiger partial charge in [-0.3, -0.25) is 0 Å². The largest absolute Gasteiger partial charge is 0.497 e. The van der Waals surface area contributed by atoms with Gasteiger partial charge in [-0.15, -0.1) is 11.6 Å². The summed E-state index contributed by atoms with van der Waals surface area (Å²) < 4.78 is 19.2. The summed E-state index contributed by atoms with van der Waals surface area (Å²) >= 11 is 6.53. The lowest BCUT2D eigenvalue weighted by molar-refractivity contribution is 0.410. The molecule has 0 radical (unpaired) electrons. The van der Waals surface area contributed by atoms with Crippen LogP contribution in [0.15, 0.2) is 48.5 Å². The first-order valence-corrected chi connectivity index (χ1v) is 7.13. The first-order valence-electron chi connectivity index (χ1n) is 6.69. The van der Waals surface area contributed by atoms with Crippen molar-refractivity contribution in [1.82, 2.24) is 0 Å². The summed E-state index contributed by atoms with van der Waals surface area (Å²) in [5.41, 5.74) is 1.65. The Hall–Kier alpha value is -1.54. The predicted octanol–water partition coefficient (Wildman–Crippen LogP) is 5.31. The number of hydrogen-bond donors (Lipinski definition) is 0. The lowest BCUT2D eigenvalue weighted by Crippen LogP contribution is -2.07. The Morgan fingerprint density at radius 3 is 2.40 bits per heavy atom. The molecule has 0 aliphatic rings. The highest BCUT2D eigenvalue weighted by atomic mass is 35.5. The fourth-order valence-electron chi connectivity index (χ4n) is 2.39. The number of alkyl halides is 1. The number of benzene rings is 2. The predicted molar refractivity (Wildman–Crippen MR) is 81.0 cm³/mol. The second kappa shape index (κ2) is 6.76. The maximum absolute atomic E-state index is 14.1. The van der Waals surface area contributed by atoms with E-state index in [-0.39, 0.29) is 11.7 Å². The molecule has 0 heterocycles. The van der Waals surface area contributed by atoms with Gasteiger partial charge < -0.3 is 4.74 Å². The molecule has 0 aliphatic carbocycles. The van der Waals surface area contributed by atoms with Gasteiger partial charge in [0, 0.05) is 17.5 Å². The van der Waals surface area contributed by atoms with E-state index in [9.17, 15) is 4.39 Å². The fourth-order valence-corrected chi connectivity index (χ4v) is 2.89. The van der Waals surface area contributed by atoms with Gasteiger partial charge in [-0.2, -0.15) is 0 Å². The van der Waals surface area contributed by atoms with Crippen molar-refractivity contribution in [3.05, 3.63) is 65.5 Å². The van der Waals surface area contributed by atoms with Crippen molar-refractivity contribution in [3.63, 3.8) is 0 Å². The second-order valence-electron chi connectivity index (χ2n) is 4.71. The Morgan fingerprint density at radius 1 is 1.15 bits per heavy atom. The molecule has 106 valence electrons. The van der Waals surface area contributed by atoms with Gasteiger partial charge in [-0.1, -0.05) is 43.3 Å². The van der Waals surface area contributed by atoms with Crippen molar-refractivity contribution < 1.29 is 9.13 Å². The summed E-state index contributed by atoms with van der Waals surface area (Å²) in [5.74, 6) is 0.266. The number of ether oxygens (including phenoxy) is 1. The van der Waals surface area contributed by atoms with Crippen LogP contribution in [0.25, 0.3) is 0 Å². The Labute approximate surface area is 124 Å². The van der Waals surface area contributed by atoms with Crippen molar-refractivity contribution in [2.75, 3.05) is 7.11 Å². The zero-order chi connectivity index (χ0) is 14.5. The van der Waals surface area contributed by atoms with Crippen LogP contribution in [0.3, 0.4) is 0 Å². The highest BCUT2D eigenvalue weighted by Gasteiger charge is 2.24. The minimum absolute atomic E-state index is 0.0840. The highest BCUT2D eigenvalue weighted by Crippen LogP contribution is 2.40. The Kier molecular flexibility index (Phi) is 5.02. The van der Waals surface area contributed by atoms with E-state index in [1.807, 2.05) is 30.3 Å². The third-order valence-electron chi connectivity index (χ3n) is 3.53. The second-order valence-corrected chi connectivity index (χ2v) is 5.18. The fraction of sp³-hybridized carbons (Fsp3) is 0.294. The molecule has 0 aliphatic heterocycles. The van der Waals surface area contributed by atoms with Gasteiger partial charge in [0.25, 0.3) is 0 Å². The van der Waals surface area contributed by atoms with Gasteiger partial charge in [-0.05, 0) is 18.1 Å². The minimum atomic E-state index is -0.395. The molecular weight excluding hydrogens is 275 g/mol. The Balaban J connectivity index is 2.31. The number of rotatable bonds is 5. The van der Waals surface area contributed by atoms with Crippen molar-refractivity contribution in [2.45, 2.75) is 24.6 Å². The van der Waals surface area contributed by atoms with Gasteiger partial charge in [0.05, 0.1) is 12.5 Å². The monoisotopic (exact) mass is 292 g/mol. The molecule has 0 aromatic heterocycles. The lowest BCUT2D eigenvalue weighted by atomic mass is 9.89. The zero-order valence-corrected chi connectivity index (χ0v) is 12.4. The maximum Gasteiger partial charge on any atom is 0.131 e. The summed E-state index contributed by atoms with van der Waals surface area (Å²) in [6.07, 6.45) is 0.851. The molecular formula is C17H18ClFO. The van der Waals surface area contributed by atoms with E-state index in [0.717, 1.165) is 12.0 Å². The number of methoxy groups -OCH3 is 1. The SMILES string of the molecule is CCC(c1ccccc1)C(Cl)c1ccc(OC)cc1F. The molecule has 0 saturated carbocycles. The van der Waals surface area contributed by atoms with Crippen LogP contribution in [0.5, 0.6) is 5.75 Å². The van der Waals surface area contributed by atoms with E-state index in [1.54, 1.807) is 12.1 Å². The van der Waals surface area contributed by atoms with E-state index < -0.39 is 5.38 Å². The molecule has 0 bridgehead atoms. The maximum atomic E-state index is 14.1. The van der Waals surface area contributed by atoms with Crippen LogP contribution in [-0.2, 0) is 0 Å². The van der Waals surface area contributed by atoms with Gasteiger partial charge >= 0.3 is 0 Å². The summed E-state index contributed by atoms with van der Waals surface area (Å²) in [5, 5.41) is -0.395. The summed E-state index contributed by atoms with van der Waals surface area (Å²) in [6, 6.07) is 14.8. The van der Waals surface area contributed by atoms with Gasteiger partial charge in [0.1, 0.15) is 11.6 Å². The molecule has 0 N–H and O–H groups in total. The van der Waals surface area contributed by atoms with Crippen molar-refractivity contribution in [2.24, 2.45) is 0 Å². The quantitative estimate of drug-likeness (QED) is 0.679. The van der Waals surface area contributed by atoms with Crippen molar-refractivity contribution in [3.8, 4) is 5.75 Å². The van der Waals surface area contributed by atoms with E-state index in [0.29, 0.717) is 11.3 Å². The molecule has 2 aromatic carbocycles. The topological polar surface area (TPSA) is 9.23 Å². The number of halogens is 2. The van der Waals surface area contributed by atoms with Crippen molar-refractivity contribution >= 4 is 11.6 Å². The van der Waals surface area contributed by atoms with Crippen LogP contribution in [0.2, 0.25) is 0 Å². The van der Waals surface area contributed by atoms with Gasteiger partial charge in [-0.25, -0.2) is 4.39 Å². The molecule has 2 aromatic rings. The van der Waals surface area contributed by atoms with Crippen LogP contribution < -0.4 is 4.74 Å². The first-order chi connectivity index (χ1) is 9.67. The molecule has 0 saturated heterocycles. The van der Waals surface area contributed by atoms with E-state index in [4.69, 9.17) is 16.3 Å². The standard InChI is InChI=1S/C17H18ClFO/c1-3-14(12-7-5-4-6-8-12)17(18)15-10-9-13(20-2)11-16(15)19/h4-11,14,17H,3H2,1-2H3. The average Bonchev–Trinajstić information content (AvgIpc) is 2.48. The van der Waals surface area contributed by atoms with Crippen LogP contribution in [-0.4, -0.2) is 7.11 Å². The third kappa shape index (κ3) is 3.13. The molecule has 3 heteroatoms. The highest BCUT2D eigenvalue weighted by molar-refractivity contribution is 6.21.